The first-order chi connectivity index (χ1) is 19.5. The topological polar surface area (TPSA) is 52.6 Å². The Kier molecular flexibility index (Phi) is 30.1. The monoisotopic (exact) mass is 567 g/mol. The highest BCUT2D eigenvalue weighted by Gasteiger charge is 2.23. The Morgan fingerprint density at radius 2 is 0.850 bits per heavy atom. The molecule has 4 nitrogen and oxygen atoms in total. The molecule has 0 amide bonds. The van der Waals surface area contributed by atoms with Crippen LogP contribution >= 0.6 is 0 Å². The van der Waals surface area contributed by atoms with Gasteiger partial charge in [0.25, 0.3) is 0 Å². The molecule has 0 aliphatic rings. The molecular weight excluding hydrogens is 496 g/mol. The minimum absolute atomic E-state index is 0.00304. The van der Waals surface area contributed by atoms with E-state index in [-0.39, 0.29) is 17.9 Å². The number of hydrogen-bond donors (Lipinski definition) is 0. The Hall–Kier alpha value is -1.06. The van der Waals surface area contributed by atoms with E-state index >= 15 is 0 Å². The number of hydrogen-bond acceptors (Lipinski definition) is 4. The molecule has 0 bridgehead atoms. The molecule has 1 atom stereocenters. The molecule has 0 aromatic rings. The average molecular weight is 567 g/mol. The standard InChI is InChI=1S/C36H70O4/c1-5-7-9-11-23-27-31-39-35(37)30-26-22-20-18-16-14-13-15-17-19-21-25-29-34(33(3)4)36(38)40-32-28-24-12-10-8-6-2/h33-34H,5-32H2,1-4H3. The van der Waals surface area contributed by atoms with E-state index in [4.69, 9.17) is 9.47 Å². The lowest BCUT2D eigenvalue weighted by Crippen LogP contribution is -2.23. The van der Waals surface area contributed by atoms with Crippen molar-refractivity contribution in [2.75, 3.05) is 13.2 Å². The van der Waals surface area contributed by atoms with Gasteiger partial charge in [-0.25, -0.2) is 0 Å². The average Bonchev–Trinajstić information content (AvgIpc) is 2.93. The van der Waals surface area contributed by atoms with Crippen LogP contribution in [-0.2, 0) is 19.1 Å². The third-order valence-electron chi connectivity index (χ3n) is 8.26. The molecule has 0 saturated heterocycles. The van der Waals surface area contributed by atoms with Crippen LogP contribution in [0.1, 0.15) is 195 Å². The molecule has 238 valence electrons. The highest BCUT2D eigenvalue weighted by molar-refractivity contribution is 5.72. The summed E-state index contributed by atoms with van der Waals surface area (Å²) in [6.45, 7) is 9.99. The molecule has 0 saturated carbocycles. The molecule has 0 spiro atoms. The maximum atomic E-state index is 12.5. The van der Waals surface area contributed by atoms with Gasteiger partial charge in [-0.05, 0) is 31.6 Å². The number of carbonyl (C=O) groups is 2. The zero-order valence-corrected chi connectivity index (χ0v) is 27.6. The molecule has 0 radical (unpaired) electrons. The molecule has 0 fully saturated rings. The van der Waals surface area contributed by atoms with Gasteiger partial charge in [0.15, 0.2) is 0 Å². The number of carbonyl (C=O) groups excluding carboxylic acids is 2. The molecule has 0 N–H and O–H groups in total. The van der Waals surface area contributed by atoms with Crippen molar-refractivity contribution < 1.29 is 19.1 Å². The first-order valence-electron chi connectivity index (χ1n) is 17.8. The molecule has 1 unspecified atom stereocenters. The van der Waals surface area contributed by atoms with E-state index in [1.807, 2.05) is 0 Å². The van der Waals surface area contributed by atoms with E-state index in [1.54, 1.807) is 0 Å². The zero-order chi connectivity index (χ0) is 29.5. The van der Waals surface area contributed by atoms with Crippen LogP contribution < -0.4 is 0 Å². The number of esters is 2. The van der Waals surface area contributed by atoms with Crippen LogP contribution in [0.5, 0.6) is 0 Å². The molecule has 0 rings (SSSR count). The summed E-state index contributed by atoms with van der Waals surface area (Å²) in [5, 5.41) is 0. The predicted octanol–water partition coefficient (Wildman–Crippen LogP) is 11.5. The molecule has 0 aromatic carbocycles. The fraction of sp³-hybridized carbons (Fsp3) is 0.944. The third kappa shape index (κ3) is 27.1. The minimum Gasteiger partial charge on any atom is -0.466 e. The second-order valence-electron chi connectivity index (χ2n) is 12.6. The largest absolute Gasteiger partial charge is 0.466 e. The Bertz CT molecular complexity index is 545. The van der Waals surface area contributed by atoms with Crippen LogP contribution in [-0.4, -0.2) is 25.2 Å². The van der Waals surface area contributed by atoms with Crippen LogP contribution in [0.3, 0.4) is 0 Å². The zero-order valence-electron chi connectivity index (χ0n) is 27.6. The van der Waals surface area contributed by atoms with Crippen molar-refractivity contribution in [1.82, 2.24) is 0 Å². The Morgan fingerprint density at radius 3 is 1.30 bits per heavy atom. The summed E-state index contributed by atoms with van der Waals surface area (Å²) < 4.78 is 11.0. The van der Waals surface area contributed by atoms with Gasteiger partial charge in [-0.15, -0.1) is 0 Å². The SMILES string of the molecule is CCCCCCCCOC(=O)CCCCCCCCCCCCCCC(C(=O)OCCCCCCCC)C(C)C. The predicted molar refractivity (Wildman–Crippen MR) is 172 cm³/mol. The molecule has 4 heteroatoms. The van der Waals surface area contributed by atoms with Gasteiger partial charge in [-0.1, -0.05) is 163 Å². The van der Waals surface area contributed by atoms with Crippen molar-refractivity contribution in [3.05, 3.63) is 0 Å². The van der Waals surface area contributed by atoms with Crippen molar-refractivity contribution in [2.24, 2.45) is 11.8 Å². The molecule has 0 aromatic heterocycles. The number of rotatable bonds is 31. The molecule has 0 aliphatic carbocycles. The quantitative estimate of drug-likeness (QED) is 0.0618. The normalized spacial score (nSPS) is 12.1. The maximum Gasteiger partial charge on any atom is 0.309 e. The summed E-state index contributed by atoms with van der Waals surface area (Å²) in [5.74, 6) is 0.459. The minimum atomic E-state index is -0.00304. The van der Waals surface area contributed by atoms with Gasteiger partial charge in [-0.2, -0.15) is 0 Å². The summed E-state index contributed by atoms with van der Waals surface area (Å²) in [6.07, 6.45) is 31.2. The molecule has 0 aliphatic heterocycles. The first kappa shape index (κ1) is 38.9. The maximum absolute atomic E-state index is 12.5. The van der Waals surface area contributed by atoms with Crippen molar-refractivity contribution >= 4 is 11.9 Å². The van der Waals surface area contributed by atoms with Gasteiger partial charge in [0.05, 0.1) is 19.1 Å². The lowest BCUT2D eigenvalue weighted by Gasteiger charge is -2.19. The first-order valence-corrected chi connectivity index (χ1v) is 17.8. The van der Waals surface area contributed by atoms with E-state index in [9.17, 15) is 9.59 Å². The fourth-order valence-corrected chi connectivity index (χ4v) is 5.43. The van der Waals surface area contributed by atoms with E-state index in [1.165, 1.54) is 122 Å². The lowest BCUT2D eigenvalue weighted by molar-refractivity contribution is -0.150. The van der Waals surface area contributed by atoms with Crippen molar-refractivity contribution in [3.63, 3.8) is 0 Å². The van der Waals surface area contributed by atoms with Gasteiger partial charge in [0, 0.05) is 6.42 Å². The van der Waals surface area contributed by atoms with Gasteiger partial charge in [0.2, 0.25) is 0 Å². The molecule has 40 heavy (non-hydrogen) atoms. The summed E-state index contributed by atoms with van der Waals surface area (Å²) in [7, 11) is 0. The Labute approximate surface area is 250 Å². The third-order valence-corrected chi connectivity index (χ3v) is 8.26. The molecular formula is C36H70O4. The highest BCUT2D eigenvalue weighted by atomic mass is 16.5. The Morgan fingerprint density at radius 1 is 0.475 bits per heavy atom. The molecule has 0 heterocycles. The van der Waals surface area contributed by atoms with Crippen LogP contribution in [0.15, 0.2) is 0 Å². The highest BCUT2D eigenvalue weighted by Crippen LogP contribution is 2.22. The summed E-state index contributed by atoms with van der Waals surface area (Å²) in [4.78, 5) is 24.4. The van der Waals surface area contributed by atoms with Gasteiger partial charge in [0.1, 0.15) is 0 Å². The number of unbranched alkanes of at least 4 members (excludes halogenated alkanes) is 21. The van der Waals surface area contributed by atoms with E-state index < -0.39 is 0 Å². The van der Waals surface area contributed by atoms with E-state index in [0.29, 0.717) is 25.6 Å². The summed E-state index contributed by atoms with van der Waals surface area (Å²) in [5.41, 5.74) is 0. The van der Waals surface area contributed by atoms with Gasteiger partial charge in [-0.3, -0.25) is 9.59 Å². The fourth-order valence-electron chi connectivity index (χ4n) is 5.43. The van der Waals surface area contributed by atoms with Crippen molar-refractivity contribution in [1.29, 1.82) is 0 Å². The summed E-state index contributed by atoms with van der Waals surface area (Å²) in [6, 6.07) is 0. The van der Waals surface area contributed by atoms with E-state index in [0.717, 1.165) is 38.5 Å². The van der Waals surface area contributed by atoms with Gasteiger partial charge >= 0.3 is 11.9 Å². The van der Waals surface area contributed by atoms with Crippen molar-refractivity contribution in [3.8, 4) is 0 Å². The smallest absolute Gasteiger partial charge is 0.309 e. The van der Waals surface area contributed by atoms with Crippen LogP contribution in [0.4, 0.5) is 0 Å². The van der Waals surface area contributed by atoms with Gasteiger partial charge < -0.3 is 9.47 Å². The second kappa shape index (κ2) is 30.9. The van der Waals surface area contributed by atoms with Crippen LogP contribution in [0.25, 0.3) is 0 Å². The number of ether oxygens (including phenoxy) is 2. The second-order valence-corrected chi connectivity index (χ2v) is 12.6. The van der Waals surface area contributed by atoms with Crippen LogP contribution in [0, 0.1) is 11.8 Å². The van der Waals surface area contributed by atoms with Crippen LogP contribution in [0.2, 0.25) is 0 Å². The Balaban J connectivity index is 3.49. The van der Waals surface area contributed by atoms with E-state index in [2.05, 4.69) is 27.7 Å². The van der Waals surface area contributed by atoms with Crippen molar-refractivity contribution in [2.45, 2.75) is 195 Å². The summed E-state index contributed by atoms with van der Waals surface area (Å²) >= 11 is 0. The lowest BCUT2D eigenvalue weighted by atomic mass is 9.90.